The standard InChI is InChI=1S/C22H26N4O4/c1-15-4-6-18-17(12-15)24-21(30-18)14-25-8-10-26(11-9-25)22(27)23-16-5-7-19(28-2)20(13-16)29-3/h4-7,12-13H,8-11,14H2,1-3H3,(H,23,27). The summed E-state index contributed by atoms with van der Waals surface area (Å²) in [4.78, 5) is 21.3. The molecular weight excluding hydrogens is 384 g/mol. The fourth-order valence-electron chi connectivity index (χ4n) is 3.57. The molecule has 1 fully saturated rings. The first-order valence-corrected chi connectivity index (χ1v) is 9.92. The quantitative estimate of drug-likeness (QED) is 0.693. The Hall–Kier alpha value is -3.26. The molecule has 2 amide bonds. The molecule has 30 heavy (non-hydrogen) atoms. The van der Waals surface area contributed by atoms with Crippen molar-refractivity contribution in [1.82, 2.24) is 14.8 Å². The fraction of sp³-hybridized carbons (Fsp3) is 0.364. The number of hydrogen-bond donors (Lipinski definition) is 1. The van der Waals surface area contributed by atoms with Gasteiger partial charge in [-0.25, -0.2) is 9.78 Å². The highest BCUT2D eigenvalue weighted by Crippen LogP contribution is 2.30. The molecule has 8 heteroatoms. The lowest BCUT2D eigenvalue weighted by atomic mass is 10.2. The van der Waals surface area contributed by atoms with Gasteiger partial charge in [-0.2, -0.15) is 0 Å². The molecule has 0 bridgehead atoms. The number of ether oxygens (including phenoxy) is 2. The van der Waals surface area contributed by atoms with E-state index in [-0.39, 0.29) is 6.03 Å². The third-order valence-electron chi connectivity index (χ3n) is 5.24. The van der Waals surface area contributed by atoms with Crippen LogP contribution in [0.1, 0.15) is 11.5 Å². The van der Waals surface area contributed by atoms with Gasteiger partial charge in [0.1, 0.15) is 5.52 Å². The maximum Gasteiger partial charge on any atom is 0.321 e. The first-order valence-electron chi connectivity index (χ1n) is 9.92. The van der Waals surface area contributed by atoms with Gasteiger partial charge >= 0.3 is 6.03 Å². The Morgan fingerprint density at radius 1 is 1.07 bits per heavy atom. The van der Waals surface area contributed by atoms with Gasteiger partial charge in [-0.1, -0.05) is 6.07 Å². The van der Waals surface area contributed by atoms with Crippen LogP contribution < -0.4 is 14.8 Å². The Morgan fingerprint density at radius 3 is 2.57 bits per heavy atom. The highest BCUT2D eigenvalue weighted by atomic mass is 16.5. The molecule has 1 N–H and O–H groups in total. The maximum atomic E-state index is 12.6. The van der Waals surface area contributed by atoms with Crippen LogP contribution in [-0.2, 0) is 6.54 Å². The number of fused-ring (bicyclic) bond motifs is 1. The van der Waals surface area contributed by atoms with Crippen molar-refractivity contribution >= 4 is 22.8 Å². The smallest absolute Gasteiger partial charge is 0.321 e. The largest absolute Gasteiger partial charge is 0.493 e. The number of hydrogen-bond acceptors (Lipinski definition) is 6. The molecule has 1 aromatic heterocycles. The Bertz CT molecular complexity index is 1040. The first-order chi connectivity index (χ1) is 14.6. The van der Waals surface area contributed by atoms with Gasteiger partial charge in [0.05, 0.1) is 20.8 Å². The summed E-state index contributed by atoms with van der Waals surface area (Å²) in [6.07, 6.45) is 0. The van der Waals surface area contributed by atoms with Crippen molar-refractivity contribution in [1.29, 1.82) is 0 Å². The predicted octanol–water partition coefficient (Wildman–Crippen LogP) is 3.50. The van der Waals surface area contributed by atoms with Gasteiger partial charge in [0, 0.05) is 37.9 Å². The van der Waals surface area contributed by atoms with Crippen LogP contribution in [0.4, 0.5) is 10.5 Å². The van der Waals surface area contributed by atoms with Crippen LogP contribution in [0.2, 0.25) is 0 Å². The SMILES string of the molecule is COc1ccc(NC(=O)N2CCN(Cc3nc4cc(C)ccc4o3)CC2)cc1OC. The van der Waals surface area contributed by atoms with E-state index in [1.807, 2.05) is 30.0 Å². The van der Waals surface area contributed by atoms with Crippen LogP contribution in [0, 0.1) is 6.92 Å². The van der Waals surface area contributed by atoms with E-state index in [1.54, 1.807) is 32.4 Å². The van der Waals surface area contributed by atoms with Crippen molar-refractivity contribution < 1.29 is 18.7 Å². The molecule has 2 heterocycles. The van der Waals surface area contributed by atoms with Crippen LogP contribution in [0.5, 0.6) is 11.5 Å². The van der Waals surface area contributed by atoms with Crippen molar-refractivity contribution in [2.45, 2.75) is 13.5 Å². The summed E-state index contributed by atoms with van der Waals surface area (Å²) in [6.45, 7) is 5.48. The molecule has 1 aliphatic heterocycles. The van der Waals surface area contributed by atoms with E-state index in [0.29, 0.717) is 42.7 Å². The van der Waals surface area contributed by atoms with Crippen LogP contribution >= 0.6 is 0 Å². The summed E-state index contributed by atoms with van der Waals surface area (Å²) in [7, 11) is 3.15. The third kappa shape index (κ3) is 4.33. The monoisotopic (exact) mass is 410 g/mol. The zero-order valence-electron chi connectivity index (χ0n) is 17.5. The summed E-state index contributed by atoms with van der Waals surface area (Å²) in [6, 6.07) is 11.2. The molecule has 2 aromatic carbocycles. The van der Waals surface area contributed by atoms with Gasteiger partial charge in [-0.3, -0.25) is 4.90 Å². The number of benzene rings is 2. The Balaban J connectivity index is 1.32. The highest BCUT2D eigenvalue weighted by Gasteiger charge is 2.22. The van der Waals surface area contributed by atoms with Crippen molar-refractivity contribution in [3.63, 3.8) is 0 Å². The number of urea groups is 1. The molecule has 158 valence electrons. The number of methoxy groups -OCH3 is 2. The second-order valence-electron chi connectivity index (χ2n) is 7.34. The van der Waals surface area contributed by atoms with Gasteiger partial charge in [0.15, 0.2) is 17.1 Å². The van der Waals surface area contributed by atoms with E-state index in [0.717, 1.165) is 29.8 Å². The summed E-state index contributed by atoms with van der Waals surface area (Å²) < 4.78 is 16.4. The molecule has 0 saturated carbocycles. The number of aromatic nitrogens is 1. The zero-order valence-corrected chi connectivity index (χ0v) is 17.5. The van der Waals surface area contributed by atoms with E-state index < -0.39 is 0 Å². The van der Waals surface area contributed by atoms with Crippen LogP contribution in [0.25, 0.3) is 11.1 Å². The van der Waals surface area contributed by atoms with E-state index in [9.17, 15) is 4.79 Å². The molecule has 0 unspecified atom stereocenters. The Labute approximate surface area is 175 Å². The minimum absolute atomic E-state index is 0.126. The van der Waals surface area contributed by atoms with Crippen molar-refractivity contribution in [3.8, 4) is 11.5 Å². The highest BCUT2D eigenvalue weighted by molar-refractivity contribution is 5.89. The number of amides is 2. The van der Waals surface area contributed by atoms with E-state index in [4.69, 9.17) is 13.9 Å². The van der Waals surface area contributed by atoms with Gasteiger partial charge in [-0.05, 0) is 36.8 Å². The molecule has 8 nitrogen and oxygen atoms in total. The number of piperazine rings is 1. The molecule has 0 aliphatic carbocycles. The lowest BCUT2D eigenvalue weighted by molar-refractivity contribution is 0.136. The second kappa shape index (κ2) is 8.62. The minimum atomic E-state index is -0.126. The number of anilines is 1. The van der Waals surface area contributed by atoms with Gasteiger partial charge < -0.3 is 24.1 Å². The molecule has 3 aromatic rings. The molecule has 0 atom stereocenters. The van der Waals surface area contributed by atoms with Gasteiger partial charge in [0.2, 0.25) is 5.89 Å². The maximum absolute atomic E-state index is 12.6. The topological polar surface area (TPSA) is 80.1 Å². The first kappa shape index (κ1) is 20.0. The van der Waals surface area contributed by atoms with Crippen molar-refractivity contribution in [3.05, 3.63) is 47.9 Å². The molecule has 4 rings (SSSR count). The summed E-state index contributed by atoms with van der Waals surface area (Å²) in [5.74, 6) is 1.91. The minimum Gasteiger partial charge on any atom is -0.493 e. The fourth-order valence-corrected chi connectivity index (χ4v) is 3.57. The summed E-state index contributed by atoms with van der Waals surface area (Å²) >= 11 is 0. The predicted molar refractivity (Wildman–Crippen MR) is 114 cm³/mol. The lowest BCUT2D eigenvalue weighted by Crippen LogP contribution is -2.49. The van der Waals surface area contributed by atoms with Crippen molar-refractivity contribution in [2.24, 2.45) is 0 Å². The number of carbonyl (C=O) groups is 1. The van der Waals surface area contributed by atoms with E-state index in [1.165, 1.54) is 0 Å². The van der Waals surface area contributed by atoms with Crippen molar-refractivity contribution in [2.75, 3.05) is 45.7 Å². The molecule has 1 aliphatic rings. The number of carbonyl (C=O) groups excluding carboxylic acids is 1. The van der Waals surface area contributed by atoms with E-state index >= 15 is 0 Å². The lowest BCUT2D eigenvalue weighted by Gasteiger charge is -2.34. The number of aryl methyl sites for hydroxylation is 1. The second-order valence-corrected chi connectivity index (χ2v) is 7.34. The number of nitrogens with zero attached hydrogens (tertiary/aromatic N) is 3. The number of oxazole rings is 1. The molecule has 0 spiro atoms. The third-order valence-corrected chi connectivity index (χ3v) is 5.24. The Morgan fingerprint density at radius 2 is 1.83 bits per heavy atom. The summed E-state index contributed by atoms with van der Waals surface area (Å²) in [5.41, 5.74) is 3.53. The molecular formula is C22H26N4O4. The average Bonchev–Trinajstić information content (AvgIpc) is 3.15. The van der Waals surface area contributed by atoms with Gasteiger partial charge in [-0.15, -0.1) is 0 Å². The molecule has 1 saturated heterocycles. The van der Waals surface area contributed by atoms with Crippen LogP contribution in [0.3, 0.4) is 0 Å². The zero-order chi connectivity index (χ0) is 21.1. The van der Waals surface area contributed by atoms with E-state index in [2.05, 4.69) is 15.2 Å². The number of rotatable bonds is 5. The van der Waals surface area contributed by atoms with Crippen LogP contribution in [-0.4, -0.2) is 61.2 Å². The van der Waals surface area contributed by atoms with Crippen LogP contribution in [0.15, 0.2) is 40.8 Å². The average molecular weight is 410 g/mol. The number of nitrogens with one attached hydrogen (secondary N) is 1. The Kier molecular flexibility index (Phi) is 5.76. The normalized spacial score (nSPS) is 14.7. The summed E-state index contributed by atoms with van der Waals surface area (Å²) in [5, 5.41) is 2.93. The van der Waals surface area contributed by atoms with Gasteiger partial charge in [0.25, 0.3) is 0 Å². The molecule has 0 radical (unpaired) electrons.